The second-order valence-corrected chi connectivity index (χ2v) is 5.33. The molecule has 1 unspecified atom stereocenters. The van der Waals surface area contributed by atoms with Gasteiger partial charge in [-0.2, -0.15) is 0 Å². The Balaban J connectivity index is 2.12. The number of hydrogen-bond acceptors (Lipinski definition) is 2. The van der Waals surface area contributed by atoms with Gasteiger partial charge in [-0.3, -0.25) is 0 Å². The maximum absolute atomic E-state index is 10.2. The van der Waals surface area contributed by atoms with Crippen LogP contribution in [0.3, 0.4) is 0 Å². The van der Waals surface area contributed by atoms with Gasteiger partial charge in [0.1, 0.15) is 6.10 Å². The fraction of sp³-hybridized carbons (Fsp3) is 0.500. The van der Waals surface area contributed by atoms with Gasteiger partial charge in [-0.15, -0.1) is 11.3 Å². The Morgan fingerprint density at radius 3 is 2.93 bits per heavy atom. The summed E-state index contributed by atoms with van der Waals surface area (Å²) in [5, 5.41) is 12.8. The number of halogens is 1. The van der Waals surface area contributed by atoms with E-state index in [1.165, 1.54) is 36.2 Å². The van der Waals surface area contributed by atoms with Crippen molar-refractivity contribution in [3.8, 4) is 0 Å². The number of rotatable bonds is 2. The van der Waals surface area contributed by atoms with E-state index in [9.17, 15) is 5.11 Å². The van der Waals surface area contributed by atoms with E-state index in [0.29, 0.717) is 0 Å². The number of hydrogen-bond donors (Lipinski definition) is 1. The van der Waals surface area contributed by atoms with Crippen LogP contribution in [0.4, 0.5) is 0 Å². The van der Waals surface area contributed by atoms with Gasteiger partial charge in [0, 0.05) is 10.3 Å². The van der Waals surface area contributed by atoms with Crippen LogP contribution in [0.5, 0.6) is 0 Å². The Morgan fingerprint density at radius 2 is 2.20 bits per heavy atom. The maximum Gasteiger partial charge on any atom is 0.109 e. The van der Waals surface area contributed by atoms with Crippen LogP contribution in [0.1, 0.15) is 43.1 Å². The summed E-state index contributed by atoms with van der Waals surface area (Å²) in [6, 6.07) is 1.86. The van der Waals surface area contributed by atoms with Crippen LogP contribution in [-0.4, -0.2) is 5.11 Å². The van der Waals surface area contributed by atoms with Crippen molar-refractivity contribution >= 4 is 22.9 Å². The molecule has 15 heavy (non-hydrogen) atoms. The summed E-state index contributed by atoms with van der Waals surface area (Å²) in [5.41, 5.74) is 1.17. The average molecular weight is 243 g/mol. The first-order chi connectivity index (χ1) is 7.27. The molecule has 1 heterocycles. The largest absolute Gasteiger partial charge is 0.383 e. The van der Waals surface area contributed by atoms with Gasteiger partial charge in [-0.05, 0) is 37.3 Å². The van der Waals surface area contributed by atoms with Gasteiger partial charge in [0.2, 0.25) is 0 Å². The summed E-state index contributed by atoms with van der Waals surface area (Å²) in [6.07, 6.45) is 7.62. The third kappa shape index (κ3) is 2.83. The summed E-state index contributed by atoms with van der Waals surface area (Å²) in [6.45, 7) is 0. The van der Waals surface area contributed by atoms with Crippen LogP contribution in [0, 0.1) is 0 Å². The van der Waals surface area contributed by atoms with Crippen molar-refractivity contribution in [3.05, 3.63) is 33.0 Å². The molecule has 1 N–H and O–H groups in total. The Hall–Kier alpha value is -0.310. The summed E-state index contributed by atoms with van der Waals surface area (Å²) < 4.78 is 0. The van der Waals surface area contributed by atoms with Crippen LogP contribution in [0.25, 0.3) is 0 Å². The van der Waals surface area contributed by atoms with Crippen LogP contribution >= 0.6 is 22.9 Å². The van der Waals surface area contributed by atoms with E-state index in [1.807, 2.05) is 11.4 Å². The molecule has 0 amide bonds. The van der Waals surface area contributed by atoms with Crippen molar-refractivity contribution in [2.45, 2.75) is 38.2 Å². The Labute approximate surface area is 99.4 Å². The molecule has 0 saturated heterocycles. The third-order valence-electron chi connectivity index (χ3n) is 2.78. The molecule has 0 spiro atoms. The molecule has 3 heteroatoms. The van der Waals surface area contributed by atoms with Crippen molar-refractivity contribution in [2.75, 3.05) is 0 Å². The van der Waals surface area contributed by atoms with E-state index in [0.717, 1.165) is 22.7 Å². The van der Waals surface area contributed by atoms with Gasteiger partial charge >= 0.3 is 0 Å². The van der Waals surface area contributed by atoms with Gasteiger partial charge in [-0.1, -0.05) is 24.1 Å². The lowest BCUT2D eigenvalue weighted by Crippen LogP contribution is -1.98. The topological polar surface area (TPSA) is 20.2 Å². The van der Waals surface area contributed by atoms with Gasteiger partial charge in [0.15, 0.2) is 0 Å². The van der Waals surface area contributed by atoms with Gasteiger partial charge in [-0.25, -0.2) is 0 Å². The van der Waals surface area contributed by atoms with Gasteiger partial charge in [0.25, 0.3) is 0 Å². The molecule has 1 nitrogen and oxygen atoms in total. The monoisotopic (exact) mass is 242 g/mol. The zero-order chi connectivity index (χ0) is 10.7. The van der Waals surface area contributed by atoms with Crippen molar-refractivity contribution in [1.82, 2.24) is 0 Å². The fourth-order valence-electron chi connectivity index (χ4n) is 1.94. The molecule has 0 saturated carbocycles. The van der Waals surface area contributed by atoms with Crippen molar-refractivity contribution in [1.29, 1.82) is 0 Å². The number of aliphatic hydroxyl groups is 1. The zero-order valence-corrected chi connectivity index (χ0v) is 10.2. The highest BCUT2D eigenvalue weighted by Crippen LogP contribution is 2.33. The second kappa shape index (κ2) is 5.15. The predicted molar refractivity (Wildman–Crippen MR) is 65.5 cm³/mol. The Kier molecular flexibility index (Phi) is 3.84. The van der Waals surface area contributed by atoms with Gasteiger partial charge in [0.05, 0.1) is 5.02 Å². The third-order valence-corrected chi connectivity index (χ3v) is 4.12. The first kappa shape index (κ1) is 11.2. The highest BCUT2D eigenvalue weighted by atomic mass is 35.5. The van der Waals surface area contributed by atoms with Crippen molar-refractivity contribution in [3.63, 3.8) is 0 Å². The molecular formula is C12H15ClOS. The van der Waals surface area contributed by atoms with E-state index in [2.05, 4.69) is 6.08 Å². The molecule has 1 aliphatic rings. The lowest BCUT2D eigenvalue weighted by Gasteiger charge is -2.12. The van der Waals surface area contributed by atoms with Crippen LogP contribution < -0.4 is 0 Å². The Bertz CT molecular complexity index is 356. The molecule has 0 radical (unpaired) electrons. The summed E-state index contributed by atoms with van der Waals surface area (Å²) in [7, 11) is 0. The lowest BCUT2D eigenvalue weighted by molar-refractivity contribution is 0.214. The minimum atomic E-state index is -0.430. The molecule has 82 valence electrons. The summed E-state index contributed by atoms with van der Waals surface area (Å²) >= 11 is 7.39. The first-order valence-electron chi connectivity index (χ1n) is 5.38. The number of aliphatic hydroxyl groups excluding tert-OH is 1. The molecule has 1 aliphatic carbocycles. The molecule has 0 fully saturated rings. The van der Waals surface area contributed by atoms with Crippen LogP contribution in [0.15, 0.2) is 23.1 Å². The highest BCUT2D eigenvalue weighted by Gasteiger charge is 2.16. The zero-order valence-electron chi connectivity index (χ0n) is 8.58. The maximum atomic E-state index is 10.2. The number of allylic oxidation sites excluding steroid dienone is 1. The SMILES string of the molecule is OC(C1=CCCCCC1)c1cc(Cl)cs1. The summed E-state index contributed by atoms with van der Waals surface area (Å²) in [4.78, 5) is 0.966. The highest BCUT2D eigenvalue weighted by molar-refractivity contribution is 7.10. The molecule has 0 bridgehead atoms. The lowest BCUT2D eigenvalue weighted by atomic mass is 10.0. The van der Waals surface area contributed by atoms with Gasteiger partial charge < -0.3 is 5.11 Å². The second-order valence-electron chi connectivity index (χ2n) is 3.95. The summed E-state index contributed by atoms with van der Waals surface area (Å²) in [5.74, 6) is 0. The quantitative estimate of drug-likeness (QED) is 0.766. The predicted octanol–water partition coefficient (Wildman–Crippen LogP) is 4.33. The standard InChI is InChI=1S/C12H15ClOS/c13-10-7-11(15-8-10)12(14)9-5-3-1-2-4-6-9/h5,7-8,12,14H,1-4,6H2. The molecule has 1 atom stereocenters. The average Bonchev–Trinajstić information content (AvgIpc) is 2.53. The van der Waals surface area contributed by atoms with Crippen molar-refractivity contribution in [2.24, 2.45) is 0 Å². The van der Waals surface area contributed by atoms with E-state index >= 15 is 0 Å². The molecule has 1 aromatic rings. The van der Waals surface area contributed by atoms with Crippen LogP contribution in [0.2, 0.25) is 5.02 Å². The van der Waals surface area contributed by atoms with Crippen LogP contribution in [-0.2, 0) is 0 Å². The first-order valence-corrected chi connectivity index (χ1v) is 6.64. The smallest absolute Gasteiger partial charge is 0.109 e. The minimum Gasteiger partial charge on any atom is -0.383 e. The molecule has 2 rings (SSSR count). The molecule has 0 aliphatic heterocycles. The number of thiophene rings is 1. The van der Waals surface area contributed by atoms with E-state index < -0.39 is 6.10 Å². The normalized spacial score (nSPS) is 19.5. The fourth-order valence-corrected chi connectivity index (χ4v) is 3.05. The minimum absolute atomic E-state index is 0.430. The Morgan fingerprint density at radius 1 is 1.33 bits per heavy atom. The molecular weight excluding hydrogens is 228 g/mol. The molecule has 1 aromatic heterocycles. The molecule has 0 aromatic carbocycles. The van der Waals surface area contributed by atoms with E-state index in [-0.39, 0.29) is 0 Å². The van der Waals surface area contributed by atoms with E-state index in [1.54, 1.807) is 0 Å². The van der Waals surface area contributed by atoms with E-state index in [4.69, 9.17) is 11.6 Å². The van der Waals surface area contributed by atoms with Crippen molar-refractivity contribution < 1.29 is 5.11 Å².